The van der Waals surface area contributed by atoms with E-state index in [0.29, 0.717) is 17.8 Å². The summed E-state index contributed by atoms with van der Waals surface area (Å²) in [5.41, 5.74) is -0.140. The largest absolute Gasteiger partial charge is 0.465 e. The molecule has 0 aromatic carbocycles. The number of esters is 2. The highest BCUT2D eigenvalue weighted by atomic mass is 32.2. The fourth-order valence-electron chi connectivity index (χ4n) is 2.24. The number of carbonyl (C=O) groups excluding carboxylic acids is 3. The molecule has 132 valence electrons. The van der Waals surface area contributed by atoms with Gasteiger partial charge in [-0.3, -0.25) is 4.79 Å². The van der Waals surface area contributed by atoms with E-state index >= 15 is 0 Å². The zero-order valence-electron chi connectivity index (χ0n) is 13.5. The van der Waals surface area contributed by atoms with Crippen LogP contribution in [0.15, 0.2) is 4.21 Å². The summed E-state index contributed by atoms with van der Waals surface area (Å²) in [7, 11) is -2.07. The quantitative estimate of drug-likeness (QED) is 0.766. The number of methoxy groups -OCH3 is 2. The average Bonchev–Trinajstić information content (AvgIpc) is 3.15. The molecule has 1 N–H and O–H groups in total. The summed E-state index contributed by atoms with van der Waals surface area (Å²) in [4.78, 5) is 35.6. The lowest BCUT2D eigenvalue weighted by atomic mass is 10.2. The van der Waals surface area contributed by atoms with Gasteiger partial charge in [0.25, 0.3) is 10.0 Å². The number of nitrogens with one attached hydrogen (secondary N) is 1. The van der Waals surface area contributed by atoms with Crippen LogP contribution in [0.5, 0.6) is 0 Å². The topological polar surface area (TPSA) is 116 Å². The van der Waals surface area contributed by atoms with Crippen LogP contribution < -0.4 is 4.72 Å². The Balaban J connectivity index is 2.49. The Morgan fingerprint density at radius 3 is 2.17 bits per heavy atom. The first-order valence-electron chi connectivity index (χ1n) is 7.00. The molecule has 8 nitrogen and oxygen atoms in total. The van der Waals surface area contributed by atoms with E-state index in [4.69, 9.17) is 0 Å². The second kappa shape index (κ2) is 6.52. The van der Waals surface area contributed by atoms with Crippen molar-refractivity contribution in [2.75, 3.05) is 14.2 Å². The lowest BCUT2D eigenvalue weighted by Gasteiger charge is -2.07. The predicted molar refractivity (Wildman–Crippen MR) is 84.3 cm³/mol. The van der Waals surface area contributed by atoms with E-state index in [1.54, 1.807) is 0 Å². The summed E-state index contributed by atoms with van der Waals surface area (Å²) < 4.78 is 35.8. The van der Waals surface area contributed by atoms with Crippen LogP contribution in [0.1, 0.15) is 38.9 Å². The first kappa shape index (κ1) is 18.4. The minimum Gasteiger partial charge on any atom is -0.465 e. The van der Waals surface area contributed by atoms with Crippen molar-refractivity contribution in [2.24, 2.45) is 11.8 Å². The Bertz CT molecular complexity index is 809. The zero-order chi connectivity index (χ0) is 18.2. The van der Waals surface area contributed by atoms with Crippen LogP contribution in [-0.4, -0.2) is 40.5 Å². The molecule has 0 radical (unpaired) electrons. The van der Waals surface area contributed by atoms with Gasteiger partial charge >= 0.3 is 11.9 Å². The second-order valence-corrected chi connectivity index (χ2v) is 8.39. The maximum atomic E-state index is 12.5. The smallest absolute Gasteiger partial charge is 0.348 e. The fraction of sp³-hybridized carbons (Fsp3) is 0.500. The summed E-state index contributed by atoms with van der Waals surface area (Å²) >= 11 is 0.566. The number of rotatable bonds is 5. The van der Waals surface area contributed by atoms with Crippen molar-refractivity contribution >= 4 is 39.2 Å². The minimum atomic E-state index is -4.31. The molecule has 10 heteroatoms. The van der Waals surface area contributed by atoms with Crippen molar-refractivity contribution in [1.82, 2.24) is 4.72 Å². The number of hydrogen-bond donors (Lipinski definition) is 1. The molecule has 1 aliphatic carbocycles. The summed E-state index contributed by atoms with van der Waals surface area (Å²) in [6.07, 6.45) is 0.613. The van der Waals surface area contributed by atoms with Gasteiger partial charge in [0.1, 0.15) is 4.88 Å². The van der Waals surface area contributed by atoms with Gasteiger partial charge in [-0.15, -0.1) is 11.3 Å². The van der Waals surface area contributed by atoms with Crippen LogP contribution in [0, 0.1) is 18.8 Å². The number of sulfonamides is 1. The summed E-state index contributed by atoms with van der Waals surface area (Å²) in [5.74, 6) is -2.54. The Hall–Kier alpha value is -1.94. The molecule has 0 aliphatic heterocycles. The molecule has 1 fully saturated rings. The highest BCUT2D eigenvalue weighted by Crippen LogP contribution is 2.39. The standard InChI is InChI=1S/C14H17NO7S2/c1-6-5-8(6)11(16)15-24(19,20)14-9(12(17)21-3)7(2)10(23-14)13(18)22-4/h6,8H,5H2,1-4H3,(H,15,16). The van der Waals surface area contributed by atoms with Crippen LogP contribution in [0.4, 0.5) is 0 Å². The lowest BCUT2D eigenvalue weighted by molar-refractivity contribution is -0.120. The van der Waals surface area contributed by atoms with Gasteiger partial charge in [-0.25, -0.2) is 22.7 Å². The zero-order valence-corrected chi connectivity index (χ0v) is 15.2. The van der Waals surface area contributed by atoms with Crippen LogP contribution in [0.2, 0.25) is 0 Å². The van der Waals surface area contributed by atoms with Crippen molar-refractivity contribution in [3.63, 3.8) is 0 Å². The molecule has 1 aromatic rings. The Morgan fingerprint density at radius 2 is 1.71 bits per heavy atom. The number of hydrogen-bond acceptors (Lipinski definition) is 8. The molecule has 1 aromatic heterocycles. The van der Waals surface area contributed by atoms with Gasteiger partial charge in [0, 0.05) is 5.92 Å². The van der Waals surface area contributed by atoms with Gasteiger partial charge in [-0.05, 0) is 24.8 Å². The molecule has 1 amide bonds. The van der Waals surface area contributed by atoms with Crippen molar-refractivity contribution < 1.29 is 32.3 Å². The molecule has 0 spiro atoms. The molecule has 1 saturated carbocycles. The van der Waals surface area contributed by atoms with E-state index in [1.807, 2.05) is 11.6 Å². The second-order valence-electron chi connectivity index (χ2n) is 5.49. The molecule has 2 rings (SSSR count). The average molecular weight is 375 g/mol. The van der Waals surface area contributed by atoms with E-state index in [9.17, 15) is 22.8 Å². The third-order valence-corrected chi connectivity index (χ3v) is 6.94. The predicted octanol–water partition coefficient (Wildman–Crippen LogP) is 1.09. The van der Waals surface area contributed by atoms with Crippen molar-refractivity contribution in [1.29, 1.82) is 0 Å². The first-order chi connectivity index (χ1) is 11.1. The Kier molecular flexibility index (Phi) is 5.00. The fourth-order valence-corrected chi connectivity index (χ4v) is 5.02. The van der Waals surface area contributed by atoms with E-state index in [-0.39, 0.29) is 27.8 Å². The summed E-state index contributed by atoms with van der Waals surface area (Å²) in [5, 5.41) is 0. The van der Waals surface area contributed by atoms with Crippen molar-refractivity contribution in [3.05, 3.63) is 16.0 Å². The lowest BCUT2D eigenvalue weighted by Crippen LogP contribution is -2.32. The summed E-state index contributed by atoms with van der Waals surface area (Å²) in [6.45, 7) is 3.25. The number of thiophene rings is 1. The Morgan fingerprint density at radius 1 is 1.17 bits per heavy atom. The van der Waals surface area contributed by atoms with Gasteiger partial charge in [0.05, 0.1) is 19.8 Å². The Labute approximate surface area is 143 Å². The summed E-state index contributed by atoms with van der Waals surface area (Å²) in [6, 6.07) is 0. The van der Waals surface area contributed by atoms with E-state index in [2.05, 4.69) is 9.47 Å². The molecule has 1 aliphatic rings. The monoisotopic (exact) mass is 375 g/mol. The van der Waals surface area contributed by atoms with Crippen LogP contribution in [0.3, 0.4) is 0 Å². The van der Waals surface area contributed by atoms with Gasteiger partial charge in [0.15, 0.2) is 4.21 Å². The van der Waals surface area contributed by atoms with E-state index < -0.39 is 32.1 Å². The molecule has 24 heavy (non-hydrogen) atoms. The van der Waals surface area contributed by atoms with Gasteiger partial charge in [-0.1, -0.05) is 6.92 Å². The third-order valence-electron chi connectivity index (χ3n) is 3.80. The van der Waals surface area contributed by atoms with Crippen molar-refractivity contribution in [3.8, 4) is 0 Å². The molecular weight excluding hydrogens is 358 g/mol. The highest BCUT2D eigenvalue weighted by Gasteiger charge is 2.42. The first-order valence-corrected chi connectivity index (χ1v) is 9.30. The molecule has 2 atom stereocenters. The SMILES string of the molecule is COC(=O)c1sc(S(=O)(=O)NC(=O)C2CC2C)c(C(=O)OC)c1C. The molecular formula is C14H17NO7S2. The maximum absolute atomic E-state index is 12.5. The third kappa shape index (κ3) is 3.29. The van der Waals surface area contributed by atoms with Gasteiger partial charge < -0.3 is 9.47 Å². The van der Waals surface area contributed by atoms with Crippen molar-refractivity contribution in [2.45, 2.75) is 24.5 Å². The normalized spacial score (nSPS) is 19.5. The van der Waals surface area contributed by atoms with Gasteiger partial charge in [0.2, 0.25) is 5.91 Å². The van der Waals surface area contributed by atoms with Gasteiger partial charge in [-0.2, -0.15) is 0 Å². The highest BCUT2D eigenvalue weighted by molar-refractivity contribution is 7.92. The van der Waals surface area contributed by atoms with Crippen LogP contribution in [-0.2, 0) is 24.3 Å². The van der Waals surface area contributed by atoms with Crippen LogP contribution >= 0.6 is 11.3 Å². The minimum absolute atomic E-state index is 0.0366. The molecule has 0 saturated heterocycles. The molecule has 2 unspecified atom stereocenters. The van der Waals surface area contributed by atoms with Crippen LogP contribution in [0.25, 0.3) is 0 Å². The van der Waals surface area contributed by atoms with E-state index in [1.165, 1.54) is 6.92 Å². The number of ether oxygens (including phenoxy) is 2. The number of carbonyl (C=O) groups is 3. The molecule has 1 heterocycles. The maximum Gasteiger partial charge on any atom is 0.348 e. The molecule has 0 bridgehead atoms. The number of amides is 1. The van der Waals surface area contributed by atoms with E-state index in [0.717, 1.165) is 14.2 Å².